The Balaban J connectivity index is 3.89. The molecule has 0 saturated heterocycles. The van der Waals surface area contributed by atoms with Gasteiger partial charge in [-0.3, -0.25) is 18.6 Å². The normalized spacial score (nSPS) is 13.2. The molecule has 0 amide bonds. The van der Waals surface area contributed by atoms with Gasteiger partial charge < -0.3 is 20.1 Å². The highest BCUT2D eigenvalue weighted by molar-refractivity contribution is 7.47. The zero-order valence-corrected chi connectivity index (χ0v) is 49.0. The van der Waals surface area contributed by atoms with E-state index in [-0.39, 0.29) is 38.6 Å². The van der Waals surface area contributed by atoms with E-state index in [0.29, 0.717) is 6.42 Å². The number of allylic oxidation sites excluding steroid dienone is 6. The fraction of sp³-hybridized carbons (Fsp3) is 0.873. The van der Waals surface area contributed by atoms with Gasteiger partial charge in [-0.15, -0.1) is 0 Å². The van der Waals surface area contributed by atoms with Gasteiger partial charge in [0.2, 0.25) is 0 Å². The monoisotopic (exact) mass is 1050 g/mol. The fourth-order valence-electron chi connectivity index (χ4n) is 9.35. The molecular formula is C63H120NO8P. The Morgan fingerprint density at radius 1 is 0.411 bits per heavy atom. The summed E-state index contributed by atoms with van der Waals surface area (Å²) < 4.78 is 33.1. The van der Waals surface area contributed by atoms with Crippen LogP contribution in [-0.4, -0.2) is 49.3 Å². The summed E-state index contributed by atoms with van der Waals surface area (Å²) in [5.74, 6) is -0.820. The van der Waals surface area contributed by atoms with E-state index in [4.69, 9.17) is 24.3 Å². The predicted molar refractivity (Wildman–Crippen MR) is 312 cm³/mol. The van der Waals surface area contributed by atoms with E-state index in [9.17, 15) is 19.0 Å². The van der Waals surface area contributed by atoms with Gasteiger partial charge in [-0.25, -0.2) is 4.57 Å². The van der Waals surface area contributed by atoms with Crippen LogP contribution in [0, 0.1) is 0 Å². The van der Waals surface area contributed by atoms with Crippen molar-refractivity contribution in [1.82, 2.24) is 0 Å². The molecule has 0 aliphatic heterocycles. The van der Waals surface area contributed by atoms with Crippen LogP contribution in [0.3, 0.4) is 0 Å². The molecule has 2 unspecified atom stereocenters. The highest BCUT2D eigenvalue weighted by atomic mass is 31.2. The van der Waals surface area contributed by atoms with Crippen molar-refractivity contribution in [1.29, 1.82) is 0 Å². The number of phosphoric acid groups is 1. The van der Waals surface area contributed by atoms with Crippen LogP contribution in [0.2, 0.25) is 0 Å². The second-order valence-electron chi connectivity index (χ2n) is 21.3. The molecular weight excluding hydrogens is 930 g/mol. The van der Waals surface area contributed by atoms with Gasteiger partial charge >= 0.3 is 19.8 Å². The van der Waals surface area contributed by atoms with Gasteiger partial charge in [0.25, 0.3) is 0 Å². The molecule has 0 aromatic rings. The van der Waals surface area contributed by atoms with Crippen LogP contribution < -0.4 is 5.73 Å². The first-order valence-electron chi connectivity index (χ1n) is 31.5. The summed E-state index contributed by atoms with van der Waals surface area (Å²) in [4.78, 5) is 35.2. The number of esters is 2. The lowest BCUT2D eigenvalue weighted by Gasteiger charge is -2.19. The summed E-state index contributed by atoms with van der Waals surface area (Å²) >= 11 is 0. The molecule has 0 bridgehead atoms. The van der Waals surface area contributed by atoms with E-state index >= 15 is 0 Å². The highest BCUT2D eigenvalue weighted by Crippen LogP contribution is 2.43. The molecule has 10 heteroatoms. The minimum atomic E-state index is -4.39. The molecule has 2 atom stereocenters. The smallest absolute Gasteiger partial charge is 0.462 e. The molecule has 3 N–H and O–H groups in total. The lowest BCUT2D eigenvalue weighted by atomic mass is 10.0. The lowest BCUT2D eigenvalue weighted by molar-refractivity contribution is -0.161. The van der Waals surface area contributed by atoms with Gasteiger partial charge in [-0.2, -0.15) is 0 Å². The Morgan fingerprint density at radius 3 is 1.05 bits per heavy atom. The van der Waals surface area contributed by atoms with Crippen molar-refractivity contribution in [3.8, 4) is 0 Å². The number of phosphoric ester groups is 1. The third kappa shape index (κ3) is 59.3. The maximum Gasteiger partial charge on any atom is 0.472 e. The molecule has 0 rings (SSSR count). The van der Waals surface area contributed by atoms with Crippen molar-refractivity contribution < 1.29 is 37.6 Å². The van der Waals surface area contributed by atoms with Crippen LogP contribution in [0.25, 0.3) is 0 Å². The molecule has 0 radical (unpaired) electrons. The molecule has 0 saturated carbocycles. The van der Waals surface area contributed by atoms with E-state index < -0.39 is 26.5 Å². The largest absolute Gasteiger partial charge is 0.472 e. The molecule has 0 aliphatic carbocycles. The zero-order valence-electron chi connectivity index (χ0n) is 48.1. The minimum Gasteiger partial charge on any atom is -0.462 e. The van der Waals surface area contributed by atoms with Crippen molar-refractivity contribution in [2.75, 3.05) is 26.4 Å². The maximum atomic E-state index is 12.7. The van der Waals surface area contributed by atoms with Crippen molar-refractivity contribution in [2.45, 2.75) is 328 Å². The first kappa shape index (κ1) is 71.2. The summed E-state index contributed by atoms with van der Waals surface area (Å²) in [7, 11) is -4.39. The van der Waals surface area contributed by atoms with Crippen molar-refractivity contribution in [3.05, 3.63) is 36.5 Å². The molecule has 0 aliphatic rings. The molecule has 9 nitrogen and oxygen atoms in total. The maximum absolute atomic E-state index is 12.7. The predicted octanol–water partition coefficient (Wildman–Crippen LogP) is 20.0. The average molecular weight is 1050 g/mol. The second-order valence-corrected chi connectivity index (χ2v) is 22.7. The molecule has 0 fully saturated rings. The van der Waals surface area contributed by atoms with Crippen LogP contribution in [0.1, 0.15) is 322 Å². The quantitative estimate of drug-likeness (QED) is 0.0264. The number of hydrogen-bond acceptors (Lipinski definition) is 8. The summed E-state index contributed by atoms with van der Waals surface area (Å²) in [6.07, 6.45) is 72.2. The van der Waals surface area contributed by atoms with Gasteiger partial charge in [-0.05, 0) is 51.4 Å². The van der Waals surface area contributed by atoms with E-state index in [1.54, 1.807) is 0 Å². The molecule has 0 heterocycles. The summed E-state index contributed by atoms with van der Waals surface area (Å²) in [6, 6.07) is 0. The summed E-state index contributed by atoms with van der Waals surface area (Å²) in [6.45, 7) is 3.78. The Kier molecular flexibility index (Phi) is 58.0. The summed E-state index contributed by atoms with van der Waals surface area (Å²) in [5.41, 5.74) is 5.39. The van der Waals surface area contributed by atoms with E-state index in [2.05, 4.69) is 50.3 Å². The first-order chi connectivity index (χ1) is 35.8. The van der Waals surface area contributed by atoms with Crippen LogP contribution >= 0.6 is 7.82 Å². The molecule has 0 spiro atoms. The second kappa shape index (κ2) is 59.5. The number of ether oxygens (including phenoxy) is 2. The topological polar surface area (TPSA) is 134 Å². The first-order valence-corrected chi connectivity index (χ1v) is 33.0. The highest BCUT2D eigenvalue weighted by Gasteiger charge is 2.26. The van der Waals surface area contributed by atoms with Crippen molar-refractivity contribution in [2.24, 2.45) is 5.73 Å². The Bertz CT molecular complexity index is 1290. The molecule has 0 aromatic heterocycles. The number of hydrogen-bond donors (Lipinski definition) is 2. The molecule has 430 valence electrons. The molecule has 73 heavy (non-hydrogen) atoms. The Morgan fingerprint density at radius 2 is 0.712 bits per heavy atom. The Hall–Kier alpha value is -1.77. The zero-order chi connectivity index (χ0) is 53.1. The van der Waals surface area contributed by atoms with Crippen LogP contribution in [-0.2, 0) is 32.7 Å². The average Bonchev–Trinajstić information content (AvgIpc) is 3.38. The van der Waals surface area contributed by atoms with Crippen molar-refractivity contribution in [3.63, 3.8) is 0 Å². The van der Waals surface area contributed by atoms with Crippen LogP contribution in [0.15, 0.2) is 36.5 Å². The number of nitrogens with two attached hydrogens (primary N) is 1. The number of rotatable bonds is 60. The third-order valence-corrected chi connectivity index (χ3v) is 15.0. The lowest BCUT2D eigenvalue weighted by Crippen LogP contribution is -2.29. The minimum absolute atomic E-state index is 0.0531. The van der Waals surface area contributed by atoms with E-state index in [1.165, 1.54) is 231 Å². The number of unbranched alkanes of at least 4 members (excludes halogenated alkanes) is 41. The Labute approximate surface area is 452 Å². The fourth-order valence-corrected chi connectivity index (χ4v) is 10.1. The van der Waals surface area contributed by atoms with Gasteiger partial charge in [0.05, 0.1) is 13.2 Å². The van der Waals surface area contributed by atoms with Gasteiger partial charge in [0, 0.05) is 19.4 Å². The van der Waals surface area contributed by atoms with Crippen molar-refractivity contribution >= 4 is 19.8 Å². The van der Waals surface area contributed by atoms with Gasteiger partial charge in [0.1, 0.15) is 6.61 Å². The van der Waals surface area contributed by atoms with E-state index in [1.807, 2.05) is 0 Å². The number of carbonyl (C=O) groups is 2. The SMILES string of the molecule is CCCCCCC/C=C\C/C=C\C/C=C\CCCCCCCCCCC(=O)OC(COC(=O)CCCCCCCCCCCCCCCCCCCCCCCCCCCCCCC)COP(=O)(O)OCCN. The van der Waals surface area contributed by atoms with E-state index in [0.717, 1.165) is 57.8 Å². The third-order valence-electron chi connectivity index (χ3n) is 14.0. The van der Waals surface area contributed by atoms with Gasteiger partial charge in [-0.1, -0.05) is 294 Å². The van der Waals surface area contributed by atoms with Gasteiger partial charge in [0.15, 0.2) is 6.10 Å². The standard InChI is InChI=1S/C63H120NO8P/c1-3-5-7-9-11-13-15-17-19-21-23-25-27-28-29-30-31-32-34-35-37-39-41-43-45-47-49-51-53-55-62(65)69-59-61(60-71-73(67,68)70-58-57-64)72-63(66)56-54-52-50-48-46-44-42-40-38-36-33-26-24-22-20-18-16-14-12-10-8-6-4-2/h16,18,22,24,33,36,61H,3-15,17,19-21,23,25-32,34-35,37-60,64H2,1-2H3,(H,67,68)/b18-16-,24-22-,36-33-. The summed E-state index contributed by atoms with van der Waals surface area (Å²) in [5, 5.41) is 0. The van der Waals surface area contributed by atoms with Crippen LogP contribution in [0.4, 0.5) is 0 Å². The molecule has 0 aromatic carbocycles. The number of carbonyl (C=O) groups excluding carboxylic acids is 2. The van der Waals surface area contributed by atoms with Crippen LogP contribution in [0.5, 0.6) is 0 Å².